The summed E-state index contributed by atoms with van der Waals surface area (Å²) in [7, 11) is -3.37. The van der Waals surface area contributed by atoms with Crippen molar-refractivity contribution in [3.05, 3.63) is 53.8 Å². The van der Waals surface area contributed by atoms with Gasteiger partial charge in [0.1, 0.15) is 30.2 Å². The van der Waals surface area contributed by atoms with Crippen molar-refractivity contribution >= 4 is 37.3 Å². The van der Waals surface area contributed by atoms with Crippen LogP contribution in [0.25, 0.3) is 32.8 Å². The number of ether oxygens (including phenoxy) is 2. The summed E-state index contributed by atoms with van der Waals surface area (Å²) in [4.78, 5) is 12.7. The summed E-state index contributed by atoms with van der Waals surface area (Å²) in [5.74, 6) is 2.55. The number of phenols is 1. The lowest BCUT2D eigenvalue weighted by atomic mass is 9.93. The Bertz CT molecular complexity index is 2080. The van der Waals surface area contributed by atoms with E-state index >= 15 is 0 Å². The molecule has 0 unspecified atom stereocenters. The molecule has 4 aliphatic rings. The average Bonchev–Trinajstić information content (AvgIpc) is 3.68. The third kappa shape index (κ3) is 4.90. The van der Waals surface area contributed by atoms with E-state index in [4.69, 9.17) is 25.9 Å². The van der Waals surface area contributed by atoms with Crippen LogP contribution in [0.2, 0.25) is 0 Å². The molecular weight excluding hydrogens is 626 g/mol. The molecule has 0 aliphatic carbocycles. The van der Waals surface area contributed by atoms with Crippen molar-refractivity contribution in [1.29, 1.82) is 0 Å². The van der Waals surface area contributed by atoms with Gasteiger partial charge in [-0.1, -0.05) is 18.1 Å². The van der Waals surface area contributed by atoms with Crippen molar-refractivity contribution < 1.29 is 31.8 Å². The second kappa shape index (κ2) is 11.0. The normalized spacial score (nSPS) is 25.0. The van der Waals surface area contributed by atoms with Gasteiger partial charge in [0.2, 0.25) is 0 Å². The molecule has 47 heavy (non-hydrogen) atoms. The second-order valence-corrected chi connectivity index (χ2v) is 15.5. The number of halogens is 2. The van der Waals surface area contributed by atoms with Crippen LogP contribution in [0.4, 0.5) is 14.6 Å². The fourth-order valence-electron chi connectivity index (χ4n) is 8.13. The molecule has 9 nitrogen and oxygen atoms in total. The summed E-state index contributed by atoms with van der Waals surface area (Å²) >= 11 is 0. The Morgan fingerprint density at radius 2 is 1.94 bits per heavy atom. The zero-order valence-electron chi connectivity index (χ0n) is 25.7. The number of hydrogen-bond acceptors (Lipinski definition) is 9. The van der Waals surface area contributed by atoms with Gasteiger partial charge in [0.25, 0.3) is 0 Å². The van der Waals surface area contributed by atoms with Gasteiger partial charge in [-0.2, -0.15) is 9.97 Å². The number of phenolic OH excluding ortho intramolecular Hbond substituents is 1. The Labute approximate surface area is 271 Å². The Morgan fingerprint density at radius 3 is 2.70 bits per heavy atom. The molecule has 1 N–H and O–H groups in total. The van der Waals surface area contributed by atoms with Crippen molar-refractivity contribution in [3.63, 3.8) is 0 Å². The molecule has 0 amide bonds. The Kier molecular flexibility index (Phi) is 7.09. The van der Waals surface area contributed by atoms with Gasteiger partial charge in [0, 0.05) is 49.7 Å². The van der Waals surface area contributed by atoms with Crippen LogP contribution < -0.4 is 9.64 Å². The van der Waals surface area contributed by atoms with Crippen LogP contribution in [0.1, 0.15) is 37.7 Å². The van der Waals surface area contributed by atoms with Gasteiger partial charge in [-0.15, -0.1) is 6.42 Å². The Hall–Kier alpha value is -4.05. The smallest absolute Gasteiger partial charge is 0.319 e. The third-order valence-electron chi connectivity index (χ3n) is 10.5. The summed E-state index contributed by atoms with van der Waals surface area (Å²) in [6, 6.07) is 11.6. The molecule has 4 saturated heterocycles. The van der Waals surface area contributed by atoms with Gasteiger partial charge in [0.05, 0.1) is 29.0 Å². The first kappa shape index (κ1) is 30.3. The van der Waals surface area contributed by atoms with E-state index in [1.54, 1.807) is 18.2 Å². The van der Waals surface area contributed by atoms with Crippen LogP contribution in [0, 0.1) is 18.2 Å². The summed E-state index contributed by atoms with van der Waals surface area (Å²) in [5, 5.41) is 12.4. The summed E-state index contributed by atoms with van der Waals surface area (Å²) in [5.41, 5.74) is 1.43. The molecule has 12 heteroatoms. The first-order valence-corrected chi connectivity index (χ1v) is 17.6. The summed E-state index contributed by atoms with van der Waals surface area (Å²) < 4.78 is 67.2. The van der Waals surface area contributed by atoms with Gasteiger partial charge in [0.15, 0.2) is 14.8 Å². The largest absolute Gasteiger partial charge is 0.508 e. The lowest BCUT2D eigenvalue weighted by Crippen LogP contribution is -2.48. The van der Waals surface area contributed by atoms with Crippen molar-refractivity contribution in [1.82, 2.24) is 14.9 Å². The topological polar surface area (TPSA) is 105 Å². The van der Waals surface area contributed by atoms with Gasteiger partial charge in [-0.05, 0) is 66.2 Å². The highest BCUT2D eigenvalue weighted by molar-refractivity contribution is 7.92. The number of hydrogen-bond donors (Lipinski definition) is 1. The molecular formula is C35H34F2N4O5S. The fourth-order valence-corrected chi connectivity index (χ4v) is 9.88. The maximum absolute atomic E-state index is 14.8. The Morgan fingerprint density at radius 1 is 1.11 bits per heavy atom. The fraction of sp³-hybridized carbons (Fsp3) is 0.429. The van der Waals surface area contributed by atoms with E-state index in [-0.39, 0.29) is 36.3 Å². The molecule has 244 valence electrons. The van der Waals surface area contributed by atoms with Gasteiger partial charge < -0.3 is 19.5 Å². The number of piperidine rings is 1. The van der Waals surface area contributed by atoms with E-state index in [2.05, 4.69) is 10.8 Å². The molecule has 4 aromatic rings. The van der Waals surface area contributed by atoms with Crippen LogP contribution in [-0.2, 0) is 14.6 Å². The number of alkyl halides is 1. The molecule has 5 heterocycles. The number of aromatic nitrogens is 2. The zero-order valence-corrected chi connectivity index (χ0v) is 26.5. The maximum atomic E-state index is 14.8. The minimum absolute atomic E-state index is 0.00371. The van der Waals surface area contributed by atoms with Gasteiger partial charge in [-0.25, -0.2) is 17.2 Å². The highest BCUT2D eigenvalue weighted by Crippen LogP contribution is 2.43. The molecule has 0 saturated carbocycles. The van der Waals surface area contributed by atoms with Crippen LogP contribution in [-0.4, -0.2) is 90.2 Å². The molecule has 1 spiro atoms. The molecule has 1 aromatic heterocycles. The number of terminal acetylenes is 1. The van der Waals surface area contributed by atoms with Crippen LogP contribution in [0.3, 0.4) is 0 Å². The standard InChI is InChI=1S/C35H34F2N4O5S/c1-2-26-29(37)7-5-23-16-25(42)18-28(31(23)26)22-4-6-27-30(17-22)38-33(45-21-34-8-3-11-41(34)20-24(36)19-34)39-32(27)40-12-9-35(10-13-40)46-14-15-47(35,43)44/h1,4-7,16-18,24,42H,3,8-15,19-21H2/t24-,34+/m1/s1. The number of sulfone groups is 1. The van der Waals surface area contributed by atoms with Crippen molar-refractivity contribution in [2.24, 2.45) is 0 Å². The zero-order chi connectivity index (χ0) is 32.6. The first-order valence-electron chi connectivity index (χ1n) is 16.0. The molecule has 8 rings (SSSR count). The Balaban J connectivity index is 1.22. The van der Waals surface area contributed by atoms with E-state index in [1.165, 1.54) is 6.07 Å². The molecule has 4 aliphatic heterocycles. The number of anilines is 1. The van der Waals surface area contributed by atoms with Crippen molar-refractivity contribution in [2.45, 2.75) is 48.7 Å². The number of benzene rings is 3. The number of fused-ring (bicyclic) bond motifs is 3. The predicted molar refractivity (Wildman–Crippen MR) is 175 cm³/mol. The van der Waals surface area contributed by atoms with Crippen molar-refractivity contribution in [3.8, 4) is 35.2 Å². The van der Waals surface area contributed by atoms with Crippen molar-refractivity contribution in [2.75, 3.05) is 50.0 Å². The van der Waals surface area contributed by atoms with E-state index in [0.717, 1.165) is 19.4 Å². The number of aromatic hydroxyl groups is 1. The first-order chi connectivity index (χ1) is 22.6. The van der Waals surface area contributed by atoms with Crippen LogP contribution in [0.5, 0.6) is 11.8 Å². The highest BCUT2D eigenvalue weighted by atomic mass is 32.2. The van der Waals surface area contributed by atoms with Crippen LogP contribution in [0.15, 0.2) is 42.5 Å². The number of nitrogens with zero attached hydrogens (tertiary/aromatic N) is 4. The van der Waals surface area contributed by atoms with E-state index in [9.17, 15) is 22.3 Å². The minimum Gasteiger partial charge on any atom is -0.508 e. The monoisotopic (exact) mass is 660 g/mol. The lowest BCUT2D eigenvalue weighted by Gasteiger charge is -2.38. The molecule has 4 fully saturated rings. The maximum Gasteiger partial charge on any atom is 0.319 e. The highest BCUT2D eigenvalue weighted by Gasteiger charge is 2.51. The van der Waals surface area contributed by atoms with Crippen LogP contribution >= 0.6 is 0 Å². The quantitative estimate of drug-likeness (QED) is 0.297. The molecule has 2 atom stereocenters. The number of rotatable bonds is 5. The predicted octanol–water partition coefficient (Wildman–Crippen LogP) is 4.97. The SMILES string of the molecule is C#Cc1c(F)ccc2cc(O)cc(-c3ccc4c(N5CCC6(CC5)OCCS6(=O)=O)nc(OC[C@@]56CCCN5C[C@H](F)C6)nc4c3)c12. The van der Waals surface area contributed by atoms with E-state index < -0.39 is 32.3 Å². The lowest BCUT2D eigenvalue weighted by molar-refractivity contribution is 0.0285. The van der Waals surface area contributed by atoms with Gasteiger partial charge in [-0.3, -0.25) is 4.90 Å². The molecule has 0 bridgehead atoms. The summed E-state index contributed by atoms with van der Waals surface area (Å²) in [6.07, 6.45) is 7.65. The average molecular weight is 661 g/mol. The second-order valence-electron chi connectivity index (χ2n) is 13.1. The van der Waals surface area contributed by atoms with E-state index in [0.29, 0.717) is 77.5 Å². The molecule has 0 radical (unpaired) electrons. The minimum atomic E-state index is -3.37. The van der Waals surface area contributed by atoms with E-state index in [1.807, 2.05) is 23.1 Å². The third-order valence-corrected chi connectivity index (χ3v) is 12.9. The molecule has 3 aromatic carbocycles. The summed E-state index contributed by atoms with van der Waals surface area (Å²) in [6.45, 7) is 2.47. The van der Waals surface area contributed by atoms with Gasteiger partial charge >= 0.3 is 6.01 Å².